The number of rotatable bonds is 3. The molecule has 0 bridgehead atoms. The summed E-state index contributed by atoms with van der Waals surface area (Å²) in [7, 11) is 0. The van der Waals surface area contributed by atoms with Crippen LogP contribution >= 0.6 is 15.9 Å². The predicted molar refractivity (Wildman–Crippen MR) is 84.7 cm³/mol. The number of benzene rings is 1. The monoisotopic (exact) mass is 354 g/mol. The highest BCUT2D eigenvalue weighted by Gasteiger charge is 2.23. The van der Waals surface area contributed by atoms with E-state index in [1.807, 2.05) is 0 Å². The molecule has 0 aliphatic carbocycles. The van der Waals surface area contributed by atoms with Crippen molar-refractivity contribution in [2.24, 2.45) is 5.92 Å². The first-order valence-corrected chi connectivity index (χ1v) is 7.89. The lowest BCUT2D eigenvalue weighted by atomic mass is 9.96. The highest BCUT2D eigenvalue weighted by molar-refractivity contribution is 9.10. The van der Waals surface area contributed by atoms with Gasteiger partial charge in [-0.05, 0) is 37.0 Å². The van der Waals surface area contributed by atoms with Gasteiger partial charge in [-0.2, -0.15) is 0 Å². The average Bonchev–Trinajstić information content (AvgIpc) is 2.47. The molecule has 1 aromatic rings. The molecule has 0 saturated carbocycles. The molecular formula is C15H19BrN2O3. The second-order valence-electron chi connectivity index (χ2n) is 5.29. The van der Waals surface area contributed by atoms with E-state index in [2.05, 4.69) is 28.2 Å². The van der Waals surface area contributed by atoms with Gasteiger partial charge in [-0.25, -0.2) is 9.59 Å². The molecule has 1 aromatic carbocycles. The van der Waals surface area contributed by atoms with Crippen molar-refractivity contribution in [3.63, 3.8) is 0 Å². The highest BCUT2D eigenvalue weighted by Crippen LogP contribution is 2.24. The van der Waals surface area contributed by atoms with Crippen LogP contribution in [0.25, 0.3) is 0 Å². The summed E-state index contributed by atoms with van der Waals surface area (Å²) in [5, 5.41) is 11.9. The number of halogens is 1. The van der Waals surface area contributed by atoms with Crippen LogP contribution in [0.1, 0.15) is 36.5 Å². The third kappa shape index (κ3) is 3.97. The van der Waals surface area contributed by atoms with E-state index in [9.17, 15) is 14.7 Å². The van der Waals surface area contributed by atoms with Gasteiger partial charge in [0.1, 0.15) is 0 Å². The zero-order valence-electron chi connectivity index (χ0n) is 11.9. The fraction of sp³-hybridized carbons (Fsp3) is 0.467. The molecule has 1 atom stereocenters. The molecule has 0 radical (unpaired) electrons. The van der Waals surface area contributed by atoms with E-state index >= 15 is 0 Å². The van der Waals surface area contributed by atoms with Crippen LogP contribution in [0.2, 0.25) is 0 Å². The van der Waals surface area contributed by atoms with Gasteiger partial charge in [0.2, 0.25) is 0 Å². The van der Waals surface area contributed by atoms with Gasteiger partial charge in [0.15, 0.2) is 0 Å². The van der Waals surface area contributed by atoms with Gasteiger partial charge in [0, 0.05) is 17.6 Å². The van der Waals surface area contributed by atoms with E-state index in [-0.39, 0.29) is 11.6 Å². The van der Waals surface area contributed by atoms with E-state index in [0.717, 1.165) is 36.8 Å². The van der Waals surface area contributed by atoms with E-state index in [4.69, 9.17) is 0 Å². The van der Waals surface area contributed by atoms with Crippen molar-refractivity contribution < 1.29 is 14.7 Å². The molecule has 1 aliphatic heterocycles. The summed E-state index contributed by atoms with van der Waals surface area (Å²) in [6.07, 6.45) is 3.20. The summed E-state index contributed by atoms with van der Waals surface area (Å²) in [5.74, 6) is -0.520. The summed E-state index contributed by atoms with van der Waals surface area (Å²) in [4.78, 5) is 25.3. The molecule has 2 rings (SSSR count). The average molecular weight is 355 g/mol. The summed E-state index contributed by atoms with van der Waals surface area (Å²) in [6, 6.07) is 4.51. The molecule has 21 heavy (non-hydrogen) atoms. The maximum atomic E-state index is 12.3. The first kappa shape index (κ1) is 15.8. The molecule has 1 fully saturated rings. The van der Waals surface area contributed by atoms with E-state index in [1.165, 1.54) is 6.07 Å². The number of hydrogen-bond donors (Lipinski definition) is 2. The summed E-state index contributed by atoms with van der Waals surface area (Å²) in [5.41, 5.74) is 0.413. The smallest absolute Gasteiger partial charge is 0.337 e. The number of piperidine rings is 1. The number of anilines is 1. The fourth-order valence-corrected chi connectivity index (χ4v) is 2.94. The second-order valence-corrected chi connectivity index (χ2v) is 6.20. The highest BCUT2D eigenvalue weighted by atomic mass is 79.9. The molecule has 2 amide bonds. The number of carbonyl (C=O) groups is 2. The number of carboxylic acid groups (broad SMARTS) is 1. The lowest BCUT2D eigenvalue weighted by molar-refractivity contribution is 0.0698. The Labute approximate surface area is 132 Å². The maximum Gasteiger partial charge on any atom is 0.337 e. The van der Waals surface area contributed by atoms with Gasteiger partial charge in [-0.1, -0.05) is 29.3 Å². The second kappa shape index (κ2) is 6.93. The number of likely N-dealkylation sites (tertiary alicyclic amines) is 1. The number of carboxylic acids is 1. The molecule has 1 saturated heterocycles. The lowest BCUT2D eigenvalue weighted by Gasteiger charge is -2.32. The minimum Gasteiger partial charge on any atom is -0.478 e. The van der Waals surface area contributed by atoms with Crippen molar-refractivity contribution in [3.8, 4) is 0 Å². The Morgan fingerprint density at radius 3 is 2.90 bits per heavy atom. The Hall–Kier alpha value is -1.56. The van der Waals surface area contributed by atoms with E-state index in [0.29, 0.717) is 11.6 Å². The Bertz CT molecular complexity index is 548. The van der Waals surface area contributed by atoms with Crippen molar-refractivity contribution >= 4 is 33.6 Å². The number of nitrogens with one attached hydrogen (secondary N) is 1. The molecule has 5 nitrogen and oxygen atoms in total. The summed E-state index contributed by atoms with van der Waals surface area (Å²) >= 11 is 3.29. The molecular weight excluding hydrogens is 336 g/mol. The first-order chi connectivity index (χ1) is 10.0. The normalized spacial score (nSPS) is 18.4. The minimum absolute atomic E-state index is 0.0931. The van der Waals surface area contributed by atoms with Crippen LogP contribution < -0.4 is 5.32 Å². The number of hydrogen-bond acceptors (Lipinski definition) is 2. The topological polar surface area (TPSA) is 69.6 Å². The first-order valence-electron chi connectivity index (χ1n) is 7.10. The van der Waals surface area contributed by atoms with Crippen molar-refractivity contribution in [3.05, 3.63) is 28.2 Å². The Morgan fingerprint density at radius 2 is 2.24 bits per heavy atom. The van der Waals surface area contributed by atoms with Gasteiger partial charge < -0.3 is 15.3 Å². The summed E-state index contributed by atoms with van der Waals surface area (Å²) in [6.45, 7) is 3.58. The summed E-state index contributed by atoms with van der Waals surface area (Å²) < 4.78 is 0.730. The molecule has 1 unspecified atom stereocenters. The molecule has 1 aliphatic rings. The molecule has 2 N–H and O–H groups in total. The third-order valence-electron chi connectivity index (χ3n) is 3.84. The number of nitrogens with zero attached hydrogens (tertiary/aromatic N) is 1. The number of urea groups is 1. The number of carbonyl (C=O) groups excluding carboxylic acids is 1. The quantitative estimate of drug-likeness (QED) is 0.867. The van der Waals surface area contributed by atoms with Crippen LogP contribution in [-0.4, -0.2) is 35.1 Å². The van der Waals surface area contributed by atoms with E-state index < -0.39 is 5.97 Å². The van der Waals surface area contributed by atoms with Crippen molar-refractivity contribution in [1.29, 1.82) is 0 Å². The van der Waals surface area contributed by atoms with Gasteiger partial charge >= 0.3 is 12.0 Å². The molecule has 0 spiro atoms. The maximum absolute atomic E-state index is 12.3. The SMILES string of the molecule is CCC1CCCN(C(=O)Nc2cc(Br)ccc2C(=O)O)C1. The van der Waals surface area contributed by atoms with Gasteiger partial charge in [0.05, 0.1) is 11.3 Å². The Kier molecular flexibility index (Phi) is 5.22. The predicted octanol–water partition coefficient (Wildman–Crippen LogP) is 3.80. The molecule has 6 heteroatoms. The van der Waals surface area contributed by atoms with Crippen LogP contribution in [0.3, 0.4) is 0 Å². The van der Waals surface area contributed by atoms with Gasteiger partial charge in [-0.3, -0.25) is 0 Å². The number of amides is 2. The van der Waals surface area contributed by atoms with Gasteiger partial charge in [-0.15, -0.1) is 0 Å². The largest absolute Gasteiger partial charge is 0.478 e. The van der Waals surface area contributed by atoms with Crippen LogP contribution in [-0.2, 0) is 0 Å². The van der Waals surface area contributed by atoms with Crippen molar-refractivity contribution in [2.45, 2.75) is 26.2 Å². The number of aromatic carboxylic acids is 1. The fourth-order valence-electron chi connectivity index (χ4n) is 2.58. The van der Waals surface area contributed by atoms with Crippen molar-refractivity contribution in [2.75, 3.05) is 18.4 Å². The molecule has 114 valence electrons. The van der Waals surface area contributed by atoms with Crippen LogP contribution in [0, 0.1) is 5.92 Å². The van der Waals surface area contributed by atoms with Crippen LogP contribution in [0.15, 0.2) is 22.7 Å². The lowest BCUT2D eigenvalue weighted by Crippen LogP contribution is -2.42. The minimum atomic E-state index is -1.05. The van der Waals surface area contributed by atoms with Gasteiger partial charge in [0.25, 0.3) is 0 Å². The van der Waals surface area contributed by atoms with Crippen LogP contribution in [0.5, 0.6) is 0 Å². The Balaban J connectivity index is 2.12. The van der Waals surface area contributed by atoms with Crippen LogP contribution in [0.4, 0.5) is 10.5 Å². The molecule has 1 heterocycles. The zero-order chi connectivity index (χ0) is 15.4. The Morgan fingerprint density at radius 1 is 1.48 bits per heavy atom. The van der Waals surface area contributed by atoms with Crippen molar-refractivity contribution in [1.82, 2.24) is 4.90 Å². The standard InChI is InChI=1S/C15H19BrN2O3/c1-2-10-4-3-7-18(9-10)15(21)17-13-8-11(16)5-6-12(13)14(19)20/h5-6,8,10H,2-4,7,9H2,1H3,(H,17,21)(H,19,20). The zero-order valence-corrected chi connectivity index (χ0v) is 13.5. The van der Waals surface area contributed by atoms with E-state index in [1.54, 1.807) is 17.0 Å². The molecule has 0 aromatic heterocycles. The third-order valence-corrected chi connectivity index (χ3v) is 4.33.